The number of nitrogens with one attached hydrogen (secondary N) is 1. The second kappa shape index (κ2) is 10.00. The van der Waals surface area contributed by atoms with Crippen LogP contribution >= 0.6 is 0 Å². The van der Waals surface area contributed by atoms with E-state index < -0.39 is 10.0 Å². The van der Waals surface area contributed by atoms with Gasteiger partial charge in [-0.05, 0) is 62.2 Å². The molecule has 1 heterocycles. The Morgan fingerprint density at radius 1 is 0.886 bits per heavy atom. The molecule has 0 saturated carbocycles. The first kappa shape index (κ1) is 24.6. The van der Waals surface area contributed by atoms with E-state index in [1.807, 2.05) is 50.2 Å². The zero-order valence-corrected chi connectivity index (χ0v) is 21.4. The Labute approximate surface area is 207 Å². The van der Waals surface area contributed by atoms with Crippen LogP contribution in [-0.4, -0.2) is 52.5 Å². The molecule has 7 nitrogen and oxygen atoms in total. The van der Waals surface area contributed by atoms with Crippen molar-refractivity contribution in [2.45, 2.75) is 25.7 Å². The highest BCUT2D eigenvalue weighted by molar-refractivity contribution is 7.92. The molecule has 0 radical (unpaired) electrons. The molecule has 8 heteroatoms. The number of para-hydroxylation sites is 2. The van der Waals surface area contributed by atoms with Gasteiger partial charge < -0.3 is 14.5 Å². The summed E-state index contributed by atoms with van der Waals surface area (Å²) in [6, 6.07) is 18.2. The van der Waals surface area contributed by atoms with Gasteiger partial charge in [0.1, 0.15) is 5.75 Å². The molecule has 3 aromatic rings. The Bertz CT molecular complexity index is 1350. The highest BCUT2D eigenvalue weighted by Crippen LogP contribution is 2.29. The van der Waals surface area contributed by atoms with Crippen molar-refractivity contribution in [3.63, 3.8) is 0 Å². The molecule has 1 aliphatic rings. The molecule has 184 valence electrons. The van der Waals surface area contributed by atoms with Crippen LogP contribution in [0.5, 0.6) is 5.75 Å². The van der Waals surface area contributed by atoms with E-state index in [1.54, 1.807) is 37.1 Å². The van der Waals surface area contributed by atoms with E-state index in [4.69, 9.17) is 4.74 Å². The quantitative estimate of drug-likeness (QED) is 0.551. The van der Waals surface area contributed by atoms with E-state index in [0.29, 0.717) is 43.0 Å². The normalized spacial score (nSPS) is 14.1. The molecule has 1 amide bonds. The molecule has 0 unspecified atom stereocenters. The minimum absolute atomic E-state index is 0.107. The molecular formula is C27H31N3O4S. The maximum atomic E-state index is 13.3. The molecule has 0 aliphatic carbocycles. The standard InChI is InChI=1S/C27H31N3O4S/c1-19-9-12-23(21(3)17-19)28-35(32,33)26-18-22(11-10-20(26)2)27(31)30-15-13-29(14-16-30)24-7-5-6-8-25(24)34-4/h5-12,17-18,28H,13-16H2,1-4H3. The van der Waals surface area contributed by atoms with Gasteiger partial charge in [0.2, 0.25) is 0 Å². The highest BCUT2D eigenvalue weighted by atomic mass is 32.2. The van der Waals surface area contributed by atoms with Crippen LogP contribution in [0, 0.1) is 20.8 Å². The summed E-state index contributed by atoms with van der Waals surface area (Å²) in [6.45, 7) is 7.95. The number of methoxy groups -OCH3 is 1. The van der Waals surface area contributed by atoms with Gasteiger partial charge in [-0.3, -0.25) is 9.52 Å². The number of benzene rings is 3. The van der Waals surface area contributed by atoms with Gasteiger partial charge >= 0.3 is 0 Å². The first-order chi connectivity index (χ1) is 16.7. The Kier molecular flexibility index (Phi) is 7.03. The molecule has 1 saturated heterocycles. The predicted molar refractivity (Wildman–Crippen MR) is 139 cm³/mol. The Morgan fingerprint density at radius 2 is 1.60 bits per heavy atom. The lowest BCUT2D eigenvalue weighted by atomic mass is 10.1. The van der Waals surface area contributed by atoms with E-state index in [0.717, 1.165) is 22.6 Å². The molecule has 1 N–H and O–H groups in total. The van der Waals surface area contributed by atoms with Crippen LogP contribution in [0.3, 0.4) is 0 Å². The molecule has 0 aromatic heterocycles. The second-order valence-electron chi connectivity index (χ2n) is 8.86. The van der Waals surface area contributed by atoms with Crippen LogP contribution in [0.2, 0.25) is 0 Å². The van der Waals surface area contributed by atoms with Crippen molar-refractivity contribution >= 4 is 27.3 Å². The van der Waals surface area contributed by atoms with E-state index >= 15 is 0 Å². The molecule has 0 spiro atoms. The molecular weight excluding hydrogens is 462 g/mol. The number of ether oxygens (including phenoxy) is 1. The largest absolute Gasteiger partial charge is 0.495 e. The van der Waals surface area contributed by atoms with Crippen LogP contribution in [0.25, 0.3) is 0 Å². The number of nitrogens with zero attached hydrogens (tertiary/aromatic N) is 2. The number of rotatable bonds is 6. The van der Waals surface area contributed by atoms with E-state index in [9.17, 15) is 13.2 Å². The fraction of sp³-hybridized carbons (Fsp3) is 0.296. The maximum absolute atomic E-state index is 13.3. The molecule has 0 atom stereocenters. The minimum Gasteiger partial charge on any atom is -0.495 e. The molecule has 4 rings (SSSR count). The van der Waals surface area contributed by atoms with Gasteiger partial charge in [-0.1, -0.05) is 35.9 Å². The third kappa shape index (κ3) is 5.27. The number of carbonyl (C=O) groups excluding carboxylic acids is 1. The van der Waals surface area contributed by atoms with Crippen LogP contribution in [0.4, 0.5) is 11.4 Å². The summed E-state index contributed by atoms with van der Waals surface area (Å²) in [7, 11) is -2.21. The smallest absolute Gasteiger partial charge is 0.262 e. The van der Waals surface area contributed by atoms with Crippen molar-refractivity contribution in [3.05, 3.63) is 82.9 Å². The van der Waals surface area contributed by atoms with Crippen molar-refractivity contribution in [2.75, 3.05) is 42.9 Å². The number of carbonyl (C=O) groups is 1. The third-order valence-electron chi connectivity index (χ3n) is 6.34. The van der Waals surface area contributed by atoms with Gasteiger partial charge in [0, 0.05) is 31.7 Å². The molecule has 3 aromatic carbocycles. The predicted octanol–water partition coefficient (Wildman–Crippen LogP) is 4.38. The molecule has 35 heavy (non-hydrogen) atoms. The number of piperazine rings is 1. The first-order valence-electron chi connectivity index (χ1n) is 11.6. The lowest BCUT2D eigenvalue weighted by Crippen LogP contribution is -2.48. The van der Waals surface area contributed by atoms with Crippen LogP contribution in [-0.2, 0) is 10.0 Å². The van der Waals surface area contributed by atoms with Gasteiger partial charge in [0.05, 0.1) is 23.4 Å². The summed E-state index contributed by atoms with van der Waals surface area (Å²) in [5.41, 5.74) is 4.37. The number of anilines is 2. The highest BCUT2D eigenvalue weighted by Gasteiger charge is 2.26. The lowest BCUT2D eigenvalue weighted by Gasteiger charge is -2.36. The van der Waals surface area contributed by atoms with Crippen molar-refractivity contribution in [2.24, 2.45) is 0 Å². The number of sulfonamides is 1. The summed E-state index contributed by atoms with van der Waals surface area (Å²) < 4.78 is 34.6. The zero-order valence-electron chi connectivity index (χ0n) is 20.5. The van der Waals surface area contributed by atoms with Crippen LogP contribution < -0.4 is 14.4 Å². The zero-order chi connectivity index (χ0) is 25.2. The topological polar surface area (TPSA) is 79.0 Å². The van der Waals surface area contributed by atoms with Gasteiger partial charge in [0.25, 0.3) is 15.9 Å². The van der Waals surface area contributed by atoms with Gasteiger partial charge in [-0.15, -0.1) is 0 Å². The lowest BCUT2D eigenvalue weighted by molar-refractivity contribution is 0.0746. The van der Waals surface area contributed by atoms with Gasteiger partial charge in [-0.2, -0.15) is 0 Å². The van der Waals surface area contributed by atoms with E-state index in [1.165, 1.54) is 6.07 Å². The fourth-order valence-corrected chi connectivity index (χ4v) is 5.78. The first-order valence-corrected chi connectivity index (χ1v) is 13.1. The maximum Gasteiger partial charge on any atom is 0.262 e. The minimum atomic E-state index is -3.86. The average molecular weight is 494 g/mol. The van der Waals surface area contributed by atoms with Crippen molar-refractivity contribution in [1.82, 2.24) is 4.90 Å². The number of amides is 1. The molecule has 1 fully saturated rings. The van der Waals surface area contributed by atoms with Crippen LogP contribution in [0.1, 0.15) is 27.0 Å². The summed E-state index contributed by atoms with van der Waals surface area (Å²) in [4.78, 5) is 17.3. The Morgan fingerprint density at radius 3 is 2.29 bits per heavy atom. The third-order valence-corrected chi connectivity index (χ3v) is 7.85. The Balaban J connectivity index is 1.51. The van der Waals surface area contributed by atoms with Crippen LogP contribution in [0.15, 0.2) is 65.6 Å². The fourth-order valence-electron chi connectivity index (χ4n) is 4.37. The Hall–Kier alpha value is -3.52. The number of hydrogen-bond donors (Lipinski definition) is 1. The van der Waals surface area contributed by atoms with Crippen molar-refractivity contribution < 1.29 is 17.9 Å². The summed E-state index contributed by atoms with van der Waals surface area (Å²) >= 11 is 0. The summed E-state index contributed by atoms with van der Waals surface area (Å²) in [6.07, 6.45) is 0. The van der Waals surface area contributed by atoms with Gasteiger partial charge in [-0.25, -0.2) is 8.42 Å². The average Bonchev–Trinajstić information content (AvgIpc) is 2.85. The monoisotopic (exact) mass is 493 g/mol. The number of aryl methyl sites for hydroxylation is 3. The van der Waals surface area contributed by atoms with Crippen molar-refractivity contribution in [1.29, 1.82) is 0 Å². The summed E-state index contributed by atoms with van der Waals surface area (Å²) in [5.74, 6) is 0.629. The SMILES string of the molecule is COc1ccccc1N1CCN(C(=O)c2ccc(C)c(S(=O)(=O)Nc3ccc(C)cc3C)c2)CC1. The second-order valence-corrected chi connectivity index (χ2v) is 10.5. The van der Waals surface area contributed by atoms with Gasteiger partial charge in [0.15, 0.2) is 0 Å². The number of hydrogen-bond acceptors (Lipinski definition) is 5. The van der Waals surface area contributed by atoms with Crippen molar-refractivity contribution in [3.8, 4) is 5.75 Å². The van der Waals surface area contributed by atoms with E-state index in [2.05, 4.69) is 9.62 Å². The molecule has 0 bridgehead atoms. The van der Waals surface area contributed by atoms with E-state index in [-0.39, 0.29) is 10.8 Å². The summed E-state index contributed by atoms with van der Waals surface area (Å²) in [5, 5.41) is 0. The molecule has 1 aliphatic heterocycles.